The average molecular weight is 343 g/mol. The Labute approximate surface area is 143 Å². The molecule has 1 aromatic heterocycles. The summed E-state index contributed by atoms with van der Waals surface area (Å²) >= 11 is 1.17. The van der Waals surface area contributed by atoms with Gasteiger partial charge in [0.1, 0.15) is 16.4 Å². The first-order valence-electron chi connectivity index (χ1n) is 7.46. The van der Waals surface area contributed by atoms with Crippen molar-refractivity contribution in [2.75, 3.05) is 25.0 Å². The van der Waals surface area contributed by atoms with Gasteiger partial charge in [0, 0.05) is 30.4 Å². The Morgan fingerprint density at radius 1 is 1.42 bits per heavy atom. The van der Waals surface area contributed by atoms with E-state index in [0.717, 1.165) is 24.9 Å². The summed E-state index contributed by atoms with van der Waals surface area (Å²) in [4.78, 5) is 16.3. The van der Waals surface area contributed by atoms with Crippen LogP contribution in [-0.4, -0.2) is 42.5 Å². The minimum atomic E-state index is -0.335. The van der Waals surface area contributed by atoms with Gasteiger partial charge in [-0.2, -0.15) is 0 Å². The van der Waals surface area contributed by atoms with Crippen LogP contribution in [0.1, 0.15) is 27.2 Å². The zero-order valence-electron chi connectivity index (χ0n) is 12.8. The highest BCUT2D eigenvalue weighted by Crippen LogP contribution is 2.21. The van der Waals surface area contributed by atoms with E-state index in [9.17, 15) is 4.79 Å². The third-order valence-electron chi connectivity index (χ3n) is 3.58. The van der Waals surface area contributed by atoms with Crippen molar-refractivity contribution in [3.05, 3.63) is 45.9 Å². The molecule has 2 aromatic rings. The molecular weight excluding hydrogens is 326 g/mol. The predicted octanol–water partition coefficient (Wildman–Crippen LogP) is 2.07. The Bertz CT molecular complexity index is 750. The van der Waals surface area contributed by atoms with Crippen molar-refractivity contribution < 1.29 is 9.53 Å². The molecule has 24 heavy (non-hydrogen) atoms. The molecule has 8 heteroatoms. The fourth-order valence-corrected chi connectivity index (χ4v) is 3.04. The number of hydrogen-bond donors (Lipinski definition) is 4. The third kappa shape index (κ3) is 3.73. The molecular formula is C16H17N5O2S. The van der Waals surface area contributed by atoms with Gasteiger partial charge < -0.3 is 20.8 Å². The molecule has 0 saturated carbocycles. The van der Waals surface area contributed by atoms with Crippen molar-refractivity contribution in [3.63, 3.8) is 0 Å². The topological polar surface area (TPSA) is 111 Å². The Kier molecular flexibility index (Phi) is 5.09. The van der Waals surface area contributed by atoms with Crippen molar-refractivity contribution in [3.8, 4) is 0 Å². The molecule has 1 aromatic carbocycles. The fourth-order valence-electron chi connectivity index (χ4n) is 2.32. The first-order valence-corrected chi connectivity index (χ1v) is 8.34. The van der Waals surface area contributed by atoms with E-state index in [1.807, 2.05) is 24.3 Å². The maximum Gasteiger partial charge on any atom is 0.275 e. The molecule has 0 aliphatic carbocycles. The molecule has 2 heterocycles. The van der Waals surface area contributed by atoms with Crippen molar-refractivity contribution in [1.29, 1.82) is 10.8 Å². The summed E-state index contributed by atoms with van der Waals surface area (Å²) in [6.07, 6.45) is 0.943. The second kappa shape index (κ2) is 7.43. The average Bonchev–Trinajstić information content (AvgIpc) is 3.13. The van der Waals surface area contributed by atoms with Gasteiger partial charge in [0.25, 0.3) is 5.91 Å². The van der Waals surface area contributed by atoms with Crippen molar-refractivity contribution in [2.45, 2.75) is 6.10 Å². The molecule has 7 nitrogen and oxygen atoms in total. The molecule has 3 rings (SSSR count). The Morgan fingerprint density at radius 2 is 2.21 bits per heavy atom. The molecule has 4 N–H and O–H groups in total. The molecule has 1 aliphatic rings. The van der Waals surface area contributed by atoms with Gasteiger partial charge in [-0.1, -0.05) is 12.1 Å². The van der Waals surface area contributed by atoms with Gasteiger partial charge >= 0.3 is 0 Å². The standard InChI is InChI=1S/C16H17N5O2S/c17-7-12(18)16-21-13(9-24-16)15(22)20-11-3-1-10(2-4-11)14-8-19-5-6-23-14/h1-4,7,9,14,17-19H,5-6,8H2,(H,20,22). The Hall–Kier alpha value is -2.42. The third-order valence-corrected chi connectivity index (χ3v) is 4.46. The van der Waals surface area contributed by atoms with E-state index < -0.39 is 0 Å². The predicted molar refractivity (Wildman–Crippen MR) is 93.7 cm³/mol. The van der Waals surface area contributed by atoms with Crippen molar-refractivity contribution in [2.24, 2.45) is 0 Å². The number of nitrogens with one attached hydrogen (secondary N) is 4. The molecule has 1 amide bonds. The summed E-state index contributed by atoms with van der Waals surface area (Å²) in [5.74, 6) is -0.335. The number of morpholine rings is 1. The maximum absolute atomic E-state index is 12.2. The van der Waals surface area contributed by atoms with Crippen LogP contribution in [0.15, 0.2) is 29.6 Å². The van der Waals surface area contributed by atoms with Gasteiger partial charge in [-0.25, -0.2) is 4.98 Å². The molecule has 1 unspecified atom stereocenters. The summed E-state index contributed by atoms with van der Waals surface area (Å²) in [5, 5.41) is 22.6. The molecule has 1 fully saturated rings. The Balaban J connectivity index is 1.64. The van der Waals surface area contributed by atoms with Crippen LogP contribution in [0.2, 0.25) is 0 Å². The van der Waals surface area contributed by atoms with Gasteiger partial charge in [-0.05, 0) is 17.7 Å². The normalized spacial score (nSPS) is 17.2. The number of aromatic nitrogens is 1. The number of benzene rings is 1. The molecule has 0 spiro atoms. The van der Waals surface area contributed by atoms with Gasteiger partial charge in [-0.3, -0.25) is 10.2 Å². The van der Waals surface area contributed by atoms with E-state index in [0.29, 0.717) is 17.3 Å². The number of rotatable bonds is 5. The van der Waals surface area contributed by atoms with Crippen LogP contribution in [0.5, 0.6) is 0 Å². The summed E-state index contributed by atoms with van der Waals surface area (Å²) in [6.45, 7) is 2.35. The van der Waals surface area contributed by atoms with Crippen LogP contribution in [0.25, 0.3) is 0 Å². The highest BCUT2D eigenvalue weighted by molar-refractivity contribution is 7.12. The highest BCUT2D eigenvalue weighted by atomic mass is 32.1. The van der Waals surface area contributed by atoms with Gasteiger partial charge in [-0.15, -0.1) is 11.3 Å². The molecule has 1 saturated heterocycles. The van der Waals surface area contributed by atoms with Crippen LogP contribution in [0.3, 0.4) is 0 Å². The van der Waals surface area contributed by atoms with Crippen LogP contribution in [0.4, 0.5) is 5.69 Å². The first kappa shape index (κ1) is 16.4. The number of ether oxygens (including phenoxy) is 1. The van der Waals surface area contributed by atoms with Gasteiger partial charge in [0.2, 0.25) is 0 Å². The first-order chi connectivity index (χ1) is 11.7. The van der Waals surface area contributed by atoms with E-state index in [1.165, 1.54) is 11.3 Å². The number of anilines is 1. The van der Waals surface area contributed by atoms with Gasteiger partial charge in [0.15, 0.2) is 0 Å². The van der Waals surface area contributed by atoms with Crippen LogP contribution >= 0.6 is 11.3 Å². The number of carbonyl (C=O) groups excluding carboxylic acids is 1. The lowest BCUT2D eigenvalue weighted by Crippen LogP contribution is -2.33. The summed E-state index contributed by atoms with van der Waals surface area (Å²) in [6, 6.07) is 7.53. The van der Waals surface area contributed by atoms with Crippen LogP contribution < -0.4 is 10.6 Å². The highest BCUT2D eigenvalue weighted by Gasteiger charge is 2.16. The lowest BCUT2D eigenvalue weighted by Gasteiger charge is -2.24. The van der Waals surface area contributed by atoms with Crippen LogP contribution in [0, 0.1) is 10.8 Å². The Morgan fingerprint density at radius 3 is 2.88 bits per heavy atom. The molecule has 1 aliphatic heterocycles. The molecule has 124 valence electrons. The largest absolute Gasteiger partial charge is 0.371 e. The molecule has 0 radical (unpaired) electrons. The van der Waals surface area contributed by atoms with E-state index in [2.05, 4.69) is 15.6 Å². The number of amides is 1. The lowest BCUT2D eigenvalue weighted by atomic mass is 10.1. The van der Waals surface area contributed by atoms with Crippen LogP contribution in [-0.2, 0) is 4.74 Å². The van der Waals surface area contributed by atoms with E-state index in [4.69, 9.17) is 15.6 Å². The summed E-state index contributed by atoms with van der Waals surface area (Å²) < 4.78 is 5.69. The lowest BCUT2D eigenvalue weighted by molar-refractivity contribution is 0.0277. The second-order valence-electron chi connectivity index (χ2n) is 5.24. The fraction of sp³-hybridized carbons (Fsp3) is 0.250. The van der Waals surface area contributed by atoms with E-state index >= 15 is 0 Å². The quantitative estimate of drug-likeness (QED) is 0.623. The smallest absolute Gasteiger partial charge is 0.275 e. The minimum Gasteiger partial charge on any atom is -0.371 e. The number of hydrogen-bond acceptors (Lipinski definition) is 7. The SMILES string of the molecule is N=CC(=N)c1nc(C(=O)Nc2ccc(C3CNCCO3)cc2)cs1. The van der Waals surface area contributed by atoms with E-state index in [1.54, 1.807) is 5.38 Å². The van der Waals surface area contributed by atoms with Crippen molar-refractivity contribution in [1.82, 2.24) is 10.3 Å². The molecule has 1 atom stereocenters. The summed E-state index contributed by atoms with van der Waals surface area (Å²) in [5.41, 5.74) is 1.97. The minimum absolute atomic E-state index is 0.00973. The zero-order valence-corrected chi connectivity index (χ0v) is 13.7. The maximum atomic E-state index is 12.2. The van der Waals surface area contributed by atoms with E-state index in [-0.39, 0.29) is 23.4 Å². The molecule has 0 bridgehead atoms. The van der Waals surface area contributed by atoms with Crippen molar-refractivity contribution >= 4 is 34.9 Å². The number of thiazole rings is 1. The monoisotopic (exact) mass is 343 g/mol. The number of carbonyl (C=O) groups is 1. The second-order valence-corrected chi connectivity index (χ2v) is 6.09. The van der Waals surface area contributed by atoms with Gasteiger partial charge in [0.05, 0.1) is 12.7 Å². The zero-order chi connectivity index (χ0) is 16.9. The number of nitrogens with zero attached hydrogens (tertiary/aromatic N) is 1. The summed E-state index contributed by atoms with van der Waals surface area (Å²) in [7, 11) is 0.